The van der Waals surface area contributed by atoms with E-state index in [9.17, 15) is 0 Å². The lowest BCUT2D eigenvalue weighted by Crippen LogP contribution is -2.25. The number of dihydropyridines is 1. The number of aliphatic imine (C=N–C) groups is 2. The first-order valence-electron chi connectivity index (χ1n) is 22.4. The van der Waals surface area contributed by atoms with Crippen LogP contribution in [0.15, 0.2) is 177 Å². The van der Waals surface area contributed by atoms with Gasteiger partial charge >= 0.3 is 0 Å². The van der Waals surface area contributed by atoms with Crippen LogP contribution in [-0.2, 0) is 0 Å². The molecule has 0 fully saturated rings. The summed E-state index contributed by atoms with van der Waals surface area (Å²) in [5, 5.41) is 5.50. The topological polar surface area (TPSA) is 24.7 Å². The molecule has 3 unspecified atom stereocenters. The van der Waals surface area contributed by atoms with Gasteiger partial charge in [-0.25, -0.2) is 0 Å². The van der Waals surface area contributed by atoms with E-state index in [0.29, 0.717) is 0 Å². The zero-order valence-electron chi connectivity index (χ0n) is 35.6. The van der Waals surface area contributed by atoms with Crippen LogP contribution in [0.25, 0.3) is 66.1 Å². The van der Waals surface area contributed by atoms with Gasteiger partial charge in [0.2, 0.25) is 0 Å². The van der Waals surface area contributed by atoms with Crippen LogP contribution in [0.3, 0.4) is 0 Å². The van der Waals surface area contributed by atoms with Gasteiger partial charge in [-0.15, -0.1) is 0 Å². The lowest BCUT2D eigenvalue weighted by Gasteiger charge is -2.37. The van der Waals surface area contributed by atoms with E-state index in [0.717, 1.165) is 37.8 Å². The van der Waals surface area contributed by atoms with E-state index in [-0.39, 0.29) is 23.3 Å². The monoisotopic (exact) mass is 786 g/mol. The summed E-state index contributed by atoms with van der Waals surface area (Å²) < 4.78 is 0. The van der Waals surface area contributed by atoms with Gasteiger partial charge < -0.3 is 0 Å². The number of nitrogens with zero attached hydrogens (tertiary/aromatic N) is 2. The van der Waals surface area contributed by atoms with Crippen molar-refractivity contribution in [2.75, 3.05) is 0 Å². The molecule has 0 aromatic heterocycles. The third-order valence-corrected chi connectivity index (χ3v) is 14.7. The summed E-state index contributed by atoms with van der Waals surface area (Å²) in [5.74, 6) is 0.355. The second-order valence-corrected chi connectivity index (χ2v) is 18.9. The van der Waals surface area contributed by atoms with Crippen LogP contribution in [0.2, 0.25) is 0 Å². The molecule has 0 spiro atoms. The number of benzene rings is 5. The second-order valence-electron chi connectivity index (χ2n) is 18.9. The van der Waals surface area contributed by atoms with Crippen LogP contribution in [0.5, 0.6) is 0 Å². The number of hydrogen-bond donors (Lipinski definition) is 0. The molecular weight excluding hydrogens is 737 g/mol. The van der Waals surface area contributed by atoms with E-state index in [1.807, 2.05) is 0 Å². The van der Waals surface area contributed by atoms with Gasteiger partial charge in [-0.05, 0) is 161 Å². The molecule has 296 valence electrons. The lowest BCUT2D eigenvalue weighted by molar-refractivity contribution is 0.483. The van der Waals surface area contributed by atoms with Gasteiger partial charge in [0.25, 0.3) is 0 Å². The molecule has 0 radical (unpaired) electrons. The maximum Gasteiger partial charge on any atom is 0.0923 e. The standard InChI is InChI=1S/C59H50N2/c1-6-50(60-5)37-24-23-36-28-47-55-45(43(36)29-37)30-38(51-22-13-14-27-61-51)31-48(55)57-52(34-16-9-7-10-17-34)49-33-46-40-26-25-39(59(2,3)4)32-44(40)41-20-15-21-42(54(41)46)56(49)53(58(47)57)35-18-11-8-12-19-35/h6-13,15-22,27-33,45,51,55H,5,14,23-26H2,1-4H3. The van der Waals surface area contributed by atoms with Crippen LogP contribution in [0.1, 0.15) is 82.1 Å². The van der Waals surface area contributed by atoms with E-state index < -0.39 is 0 Å². The van der Waals surface area contributed by atoms with E-state index in [4.69, 9.17) is 4.99 Å². The number of fused-ring (bicyclic) bond motifs is 8. The fraction of sp³-hybridized carbons (Fsp3) is 0.220. The number of allylic oxidation sites excluding steroid dienone is 14. The van der Waals surface area contributed by atoms with Crippen molar-refractivity contribution in [3.63, 3.8) is 0 Å². The Kier molecular flexibility index (Phi) is 8.11. The van der Waals surface area contributed by atoms with Crippen molar-refractivity contribution in [3.05, 3.63) is 189 Å². The maximum absolute atomic E-state index is 5.11. The third kappa shape index (κ3) is 5.34. The highest BCUT2D eigenvalue weighted by atomic mass is 14.8. The van der Waals surface area contributed by atoms with Crippen LogP contribution >= 0.6 is 0 Å². The van der Waals surface area contributed by atoms with Crippen molar-refractivity contribution in [1.29, 1.82) is 0 Å². The molecule has 61 heavy (non-hydrogen) atoms. The van der Waals surface area contributed by atoms with Crippen molar-refractivity contribution in [3.8, 4) is 22.3 Å². The summed E-state index contributed by atoms with van der Waals surface area (Å²) >= 11 is 0. The van der Waals surface area contributed by atoms with Crippen molar-refractivity contribution in [2.24, 2.45) is 27.2 Å². The van der Waals surface area contributed by atoms with E-state index in [1.54, 1.807) is 5.57 Å². The molecule has 2 nitrogen and oxygen atoms in total. The Labute approximate surface area is 359 Å². The predicted octanol–water partition coefficient (Wildman–Crippen LogP) is 15.3. The quantitative estimate of drug-likeness (QED) is 0.0963. The van der Waals surface area contributed by atoms with E-state index in [2.05, 4.69) is 179 Å². The molecule has 2 heteroatoms. The highest BCUT2D eigenvalue weighted by molar-refractivity contribution is 6.30. The molecule has 5 aromatic rings. The van der Waals surface area contributed by atoms with Crippen molar-refractivity contribution >= 4 is 56.8 Å². The molecular formula is C59H50N2. The van der Waals surface area contributed by atoms with Gasteiger partial charge in [0.15, 0.2) is 0 Å². The summed E-state index contributed by atoms with van der Waals surface area (Å²) in [6, 6.07) is 32.4. The largest absolute Gasteiger partial charge is 0.285 e. The summed E-state index contributed by atoms with van der Waals surface area (Å²) in [5.41, 5.74) is 24.9. The van der Waals surface area contributed by atoms with Crippen molar-refractivity contribution < 1.29 is 0 Å². The first-order chi connectivity index (χ1) is 29.8. The fourth-order valence-corrected chi connectivity index (χ4v) is 12.0. The van der Waals surface area contributed by atoms with Crippen LogP contribution in [0, 0.1) is 17.3 Å². The number of rotatable bonds is 5. The van der Waals surface area contributed by atoms with E-state index in [1.165, 1.54) is 111 Å². The first kappa shape index (κ1) is 36.5. The Balaban J connectivity index is 1.25. The molecule has 5 aromatic carbocycles. The van der Waals surface area contributed by atoms with Crippen molar-refractivity contribution in [2.45, 2.75) is 65.8 Å². The average Bonchev–Trinajstić information content (AvgIpc) is 3.79. The zero-order valence-corrected chi connectivity index (χ0v) is 35.6. The lowest BCUT2D eigenvalue weighted by atomic mass is 9.67. The molecule has 0 amide bonds. The van der Waals surface area contributed by atoms with E-state index >= 15 is 0 Å². The fourth-order valence-electron chi connectivity index (χ4n) is 12.0. The van der Waals surface area contributed by atoms with Gasteiger partial charge in [0.1, 0.15) is 0 Å². The molecule has 7 aliphatic rings. The molecule has 0 saturated carbocycles. The summed E-state index contributed by atoms with van der Waals surface area (Å²) in [6.45, 7) is 13.2. The minimum absolute atomic E-state index is 0.00218. The molecule has 1 aliphatic heterocycles. The van der Waals surface area contributed by atoms with Gasteiger partial charge in [-0.2, -0.15) is 0 Å². The maximum atomic E-state index is 5.11. The van der Waals surface area contributed by atoms with Gasteiger partial charge in [-0.3, -0.25) is 9.98 Å². The van der Waals surface area contributed by atoms with Crippen LogP contribution in [0.4, 0.5) is 0 Å². The molecule has 3 atom stereocenters. The molecule has 6 aliphatic carbocycles. The summed E-state index contributed by atoms with van der Waals surface area (Å²) in [6.07, 6.45) is 26.6. The van der Waals surface area contributed by atoms with Crippen LogP contribution < -0.4 is 0 Å². The van der Waals surface area contributed by atoms with Crippen molar-refractivity contribution in [1.82, 2.24) is 0 Å². The average molecular weight is 787 g/mol. The highest BCUT2D eigenvalue weighted by Gasteiger charge is 2.47. The first-order valence-corrected chi connectivity index (χ1v) is 22.4. The molecule has 0 saturated heterocycles. The zero-order chi connectivity index (χ0) is 41.1. The Morgan fingerprint density at radius 2 is 1.49 bits per heavy atom. The normalized spacial score (nSPS) is 22.3. The minimum Gasteiger partial charge on any atom is -0.285 e. The van der Waals surface area contributed by atoms with Gasteiger partial charge in [-0.1, -0.05) is 154 Å². The second kappa shape index (κ2) is 13.6. The minimum atomic E-state index is -0.00218. The smallest absolute Gasteiger partial charge is 0.0923 e. The number of hydrogen-bond acceptors (Lipinski definition) is 2. The Morgan fingerprint density at radius 3 is 2.21 bits per heavy atom. The van der Waals surface area contributed by atoms with Gasteiger partial charge in [0.05, 0.1) is 11.7 Å². The Morgan fingerprint density at radius 1 is 0.738 bits per heavy atom. The summed E-state index contributed by atoms with van der Waals surface area (Å²) in [7, 11) is 0. The summed E-state index contributed by atoms with van der Waals surface area (Å²) in [4.78, 5) is 9.59. The highest BCUT2D eigenvalue weighted by Crippen LogP contribution is 2.64. The molecule has 12 rings (SSSR count). The van der Waals surface area contributed by atoms with Gasteiger partial charge in [0, 0.05) is 24.5 Å². The van der Waals surface area contributed by atoms with Crippen LogP contribution in [-0.4, -0.2) is 19.0 Å². The molecule has 0 bridgehead atoms. The predicted molar refractivity (Wildman–Crippen MR) is 261 cm³/mol. The third-order valence-electron chi connectivity index (χ3n) is 14.7. The Hall–Kier alpha value is -6.38. The molecule has 1 heterocycles. The SMILES string of the molecule is C=NC(=CC)C1=CC2=C(C=C3c4c(c(-c5ccccc5)c5cc6c7c(cccc7c5c4-c4ccccc4)C4=C6CCC(C(C)(C)C)=C4)C4=CC(C5C=CCC=N5)=CC2C43)CC1. The molecule has 0 N–H and O–H groups in total. The Bertz CT molecular complexity index is 3130.